The summed E-state index contributed by atoms with van der Waals surface area (Å²) in [6, 6.07) is 12.2. The summed E-state index contributed by atoms with van der Waals surface area (Å²) in [5, 5.41) is 11.0. The van der Waals surface area contributed by atoms with Crippen LogP contribution in [0.25, 0.3) is 5.82 Å². The summed E-state index contributed by atoms with van der Waals surface area (Å²) in [5.74, 6) is 1.65. The molecule has 0 spiro atoms. The molecule has 7 nitrogen and oxygen atoms in total. The molecule has 0 radical (unpaired) electrons. The van der Waals surface area contributed by atoms with Gasteiger partial charge in [-0.2, -0.15) is 5.10 Å². The lowest BCUT2D eigenvalue weighted by molar-refractivity contribution is 0.199. The van der Waals surface area contributed by atoms with E-state index < -0.39 is 0 Å². The minimum atomic E-state index is -0.310. The molecule has 0 aliphatic heterocycles. The van der Waals surface area contributed by atoms with Crippen molar-refractivity contribution < 1.29 is 9.13 Å². The van der Waals surface area contributed by atoms with Gasteiger partial charge in [0.25, 0.3) is 0 Å². The average Bonchev–Trinajstić information content (AvgIpc) is 3.11. The second kappa shape index (κ2) is 12.4. The Labute approximate surface area is 205 Å². The summed E-state index contributed by atoms with van der Waals surface area (Å²) in [6.07, 6.45) is 2.49. The lowest BCUT2D eigenvalue weighted by atomic mass is 10.2. The molecule has 3 aromatic rings. The number of aromatic nitrogens is 3. The number of halogens is 2. The Kier molecular flexibility index (Phi) is 9.89. The number of hydrogen-bond donors (Lipinski definition) is 2. The van der Waals surface area contributed by atoms with Gasteiger partial charge in [-0.1, -0.05) is 19.1 Å². The summed E-state index contributed by atoms with van der Waals surface area (Å²) >= 11 is 0. The second-order valence-corrected chi connectivity index (χ2v) is 7.28. The van der Waals surface area contributed by atoms with E-state index in [1.165, 1.54) is 12.1 Å². The maximum atomic E-state index is 13.4. The van der Waals surface area contributed by atoms with E-state index in [0.29, 0.717) is 24.8 Å². The normalized spacial score (nSPS) is 12.1. The molecule has 32 heavy (non-hydrogen) atoms. The van der Waals surface area contributed by atoms with E-state index in [1.807, 2.05) is 49.8 Å². The number of benzene rings is 1. The number of aliphatic imine (C=N–C) groups is 1. The van der Waals surface area contributed by atoms with Gasteiger partial charge in [0.05, 0.1) is 12.2 Å². The van der Waals surface area contributed by atoms with Crippen molar-refractivity contribution in [3.63, 3.8) is 0 Å². The lowest BCUT2D eigenvalue weighted by Gasteiger charge is -2.20. The van der Waals surface area contributed by atoms with Gasteiger partial charge < -0.3 is 15.4 Å². The Bertz CT molecular complexity index is 1020. The topological polar surface area (TPSA) is 76.4 Å². The predicted octanol–water partition coefficient (Wildman–Crippen LogP) is 4.16. The Hall–Kier alpha value is -2.69. The molecule has 1 aromatic carbocycles. The molecule has 172 valence electrons. The van der Waals surface area contributed by atoms with E-state index in [9.17, 15) is 4.39 Å². The molecule has 3 rings (SSSR count). The summed E-state index contributed by atoms with van der Waals surface area (Å²) in [4.78, 5) is 8.77. The molecule has 0 saturated carbocycles. The Morgan fingerprint density at radius 3 is 2.59 bits per heavy atom. The van der Waals surface area contributed by atoms with Crippen LogP contribution in [-0.4, -0.2) is 40.4 Å². The van der Waals surface area contributed by atoms with Crippen LogP contribution >= 0.6 is 24.0 Å². The van der Waals surface area contributed by atoms with Gasteiger partial charge in [0.1, 0.15) is 17.7 Å². The van der Waals surface area contributed by atoms with E-state index in [0.717, 1.165) is 29.2 Å². The zero-order valence-electron chi connectivity index (χ0n) is 18.8. The molecule has 0 fully saturated rings. The Morgan fingerprint density at radius 1 is 1.19 bits per heavy atom. The maximum Gasteiger partial charge on any atom is 0.191 e. The van der Waals surface area contributed by atoms with Crippen molar-refractivity contribution in [2.24, 2.45) is 4.99 Å². The molecule has 2 N–H and O–H groups in total. The Morgan fingerprint density at radius 2 is 2.00 bits per heavy atom. The van der Waals surface area contributed by atoms with Crippen molar-refractivity contribution in [1.82, 2.24) is 25.4 Å². The van der Waals surface area contributed by atoms with Gasteiger partial charge in [0.2, 0.25) is 0 Å². The molecule has 0 aliphatic carbocycles. The summed E-state index contributed by atoms with van der Waals surface area (Å²) in [5.41, 5.74) is 3.04. The van der Waals surface area contributed by atoms with Crippen molar-refractivity contribution >= 4 is 29.9 Å². The number of pyridine rings is 1. The van der Waals surface area contributed by atoms with Crippen molar-refractivity contribution in [3.8, 4) is 11.6 Å². The van der Waals surface area contributed by atoms with E-state index in [1.54, 1.807) is 19.2 Å². The SMILES string of the molecule is CCC(CNC(=NC)NCc1ccc(-n2nc(C)cc2C)nc1)Oc1cccc(F)c1.I. The summed E-state index contributed by atoms with van der Waals surface area (Å²) < 4.78 is 21.1. The van der Waals surface area contributed by atoms with Gasteiger partial charge in [-0.15, -0.1) is 24.0 Å². The number of aryl methyl sites for hydroxylation is 2. The van der Waals surface area contributed by atoms with Crippen molar-refractivity contribution in [3.05, 3.63) is 71.4 Å². The van der Waals surface area contributed by atoms with Gasteiger partial charge in [0.15, 0.2) is 11.8 Å². The van der Waals surface area contributed by atoms with E-state index in [4.69, 9.17) is 4.74 Å². The number of hydrogen-bond acceptors (Lipinski definition) is 4. The van der Waals surface area contributed by atoms with Gasteiger partial charge >= 0.3 is 0 Å². The number of ether oxygens (including phenoxy) is 1. The molecule has 1 unspecified atom stereocenters. The third-order valence-corrected chi connectivity index (χ3v) is 4.77. The fraction of sp³-hybridized carbons (Fsp3) is 0.348. The quantitative estimate of drug-likeness (QED) is 0.250. The van der Waals surface area contributed by atoms with E-state index in [2.05, 4.69) is 25.7 Å². The molecular formula is C23H30FIN6O. The minimum absolute atomic E-state index is 0. The molecule has 0 amide bonds. The van der Waals surface area contributed by atoms with Crippen LogP contribution in [-0.2, 0) is 6.54 Å². The first-order valence-electron chi connectivity index (χ1n) is 10.3. The highest BCUT2D eigenvalue weighted by Gasteiger charge is 2.10. The first kappa shape index (κ1) is 25.6. The van der Waals surface area contributed by atoms with Crippen LogP contribution in [0.2, 0.25) is 0 Å². The number of rotatable bonds is 8. The van der Waals surface area contributed by atoms with Crippen LogP contribution in [0, 0.1) is 19.7 Å². The Balaban J connectivity index is 0.00000363. The summed E-state index contributed by atoms with van der Waals surface area (Å²) in [7, 11) is 1.72. The predicted molar refractivity (Wildman–Crippen MR) is 136 cm³/mol. The van der Waals surface area contributed by atoms with Crippen LogP contribution in [0.15, 0.2) is 53.7 Å². The van der Waals surface area contributed by atoms with Crippen LogP contribution in [0.3, 0.4) is 0 Å². The van der Waals surface area contributed by atoms with Gasteiger partial charge in [0, 0.05) is 31.5 Å². The number of nitrogens with one attached hydrogen (secondary N) is 2. The first-order valence-corrected chi connectivity index (χ1v) is 10.3. The highest BCUT2D eigenvalue weighted by molar-refractivity contribution is 14.0. The van der Waals surface area contributed by atoms with Gasteiger partial charge in [-0.25, -0.2) is 14.1 Å². The van der Waals surface area contributed by atoms with Crippen LogP contribution < -0.4 is 15.4 Å². The van der Waals surface area contributed by atoms with Crippen LogP contribution in [0.4, 0.5) is 4.39 Å². The third-order valence-electron chi connectivity index (χ3n) is 4.77. The molecule has 9 heteroatoms. The van der Waals surface area contributed by atoms with E-state index in [-0.39, 0.29) is 35.9 Å². The molecular weight excluding hydrogens is 522 g/mol. The maximum absolute atomic E-state index is 13.4. The standard InChI is InChI=1S/C23H29FN6O.HI/c1-5-20(31-21-8-6-7-19(24)12-21)15-28-23(25-4)27-14-18-9-10-22(26-13-18)30-17(3)11-16(2)29-30;/h6-13,20H,5,14-15H2,1-4H3,(H2,25,27,28);1H. The van der Waals surface area contributed by atoms with Crippen molar-refractivity contribution in [2.75, 3.05) is 13.6 Å². The lowest BCUT2D eigenvalue weighted by Crippen LogP contribution is -2.42. The van der Waals surface area contributed by atoms with Crippen LogP contribution in [0.1, 0.15) is 30.3 Å². The van der Waals surface area contributed by atoms with E-state index >= 15 is 0 Å². The zero-order valence-corrected chi connectivity index (χ0v) is 21.1. The third kappa shape index (κ3) is 7.18. The number of guanidine groups is 1. The highest BCUT2D eigenvalue weighted by atomic mass is 127. The highest BCUT2D eigenvalue weighted by Crippen LogP contribution is 2.15. The molecule has 0 saturated heterocycles. The molecule has 2 heterocycles. The minimum Gasteiger partial charge on any atom is -0.489 e. The average molecular weight is 552 g/mol. The first-order chi connectivity index (χ1) is 15.0. The monoisotopic (exact) mass is 552 g/mol. The molecule has 0 bridgehead atoms. The molecule has 1 atom stereocenters. The fourth-order valence-corrected chi connectivity index (χ4v) is 3.13. The largest absolute Gasteiger partial charge is 0.489 e. The molecule has 0 aliphatic rings. The van der Waals surface area contributed by atoms with Crippen molar-refractivity contribution in [2.45, 2.75) is 39.8 Å². The second-order valence-electron chi connectivity index (χ2n) is 7.28. The summed E-state index contributed by atoms with van der Waals surface area (Å²) in [6.45, 7) is 7.12. The van der Waals surface area contributed by atoms with Gasteiger partial charge in [-0.3, -0.25) is 4.99 Å². The van der Waals surface area contributed by atoms with Gasteiger partial charge in [-0.05, 0) is 50.1 Å². The molecule has 2 aromatic heterocycles. The van der Waals surface area contributed by atoms with Crippen LogP contribution in [0.5, 0.6) is 5.75 Å². The smallest absolute Gasteiger partial charge is 0.191 e. The van der Waals surface area contributed by atoms with Crippen molar-refractivity contribution in [1.29, 1.82) is 0 Å². The zero-order chi connectivity index (χ0) is 22.2. The fourth-order valence-electron chi connectivity index (χ4n) is 3.13. The number of nitrogens with zero attached hydrogens (tertiary/aromatic N) is 4.